The number of nitrogens with zero attached hydrogens (tertiary/aromatic N) is 1. The van der Waals surface area contributed by atoms with E-state index in [0.717, 1.165) is 17.7 Å². The van der Waals surface area contributed by atoms with E-state index in [1.165, 1.54) is 6.20 Å². The van der Waals surface area contributed by atoms with Gasteiger partial charge in [-0.05, 0) is 36.4 Å². The summed E-state index contributed by atoms with van der Waals surface area (Å²) in [6.07, 6.45) is 3.73. The fourth-order valence-corrected chi connectivity index (χ4v) is 2.25. The number of benzene rings is 1. The first kappa shape index (κ1) is 22.0. The van der Waals surface area contributed by atoms with Crippen molar-refractivity contribution in [3.8, 4) is 5.75 Å². The van der Waals surface area contributed by atoms with Gasteiger partial charge in [0.15, 0.2) is 0 Å². The van der Waals surface area contributed by atoms with Crippen LogP contribution in [0.1, 0.15) is 25.8 Å². The Morgan fingerprint density at radius 1 is 1.31 bits per heavy atom. The summed E-state index contributed by atoms with van der Waals surface area (Å²) in [5.74, 6) is 1.21. The molecule has 0 bridgehead atoms. The normalized spacial score (nSPS) is 14.7. The highest BCUT2D eigenvalue weighted by Crippen LogP contribution is 2.14. The lowest BCUT2D eigenvalue weighted by molar-refractivity contribution is 0.139. The SMILES string of the molecule is CC(C)NC[C@@H](O)[C@@H](N)Cc1ccc(OCCCN=C(N)/C=C\N)cc1. The predicted octanol–water partition coefficient (Wildman–Crippen LogP) is 0.514. The highest BCUT2D eigenvalue weighted by atomic mass is 16.5. The first-order valence-electron chi connectivity index (χ1n) is 8.99. The third-order valence-corrected chi connectivity index (χ3v) is 3.76. The van der Waals surface area contributed by atoms with Crippen LogP contribution in [0.25, 0.3) is 0 Å². The molecular weight excluding hydrogens is 330 g/mol. The van der Waals surface area contributed by atoms with E-state index in [4.69, 9.17) is 21.9 Å². The first-order chi connectivity index (χ1) is 12.4. The van der Waals surface area contributed by atoms with Gasteiger partial charge in [-0.15, -0.1) is 0 Å². The number of aliphatic imine (C=N–C) groups is 1. The van der Waals surface area contributed by atoms with Crippen molar-refractivity contribution in [2.75, 3.05) is 19.7 Å². The van der Waals surface area contributed by atoms with Crippen LogP contribution in [0, 0.1) is 0 Å². The van der Waals surface area contributed by atoms with Gasteiger partial charge in [0.1, 0.15) is 11.6 Å². The molecule has 1 aromatic rings. The molecule has 0 aromatic heterocycles. The summed E-state index contributed by atoms with van der Waals surface area (Å²) in [5.41, 5.74) is 18.0. The van der Waals surface area contributed by atoms with Crippen molar-refractivity contribution < 1.29 is 9.84 Å². The van der Waals surface area contributed by atoms with Crippen LogP contribution in [-0.4, -0.2) is 48.8 Å². The molecule has 0 radical (unpaired) electrons. The second-order valence-corrected chi connectivity index (χ2v) is 6.51. The zero-order valence-corrected chi connectivity index (χ0v) is 15.8. The molecule has 0 saturated carbocycles. The maximum absolute atomic E-state index is 10.1. The van der Waals surface area contributed by atoms with Crippen LogP contribution in [0.15, 0.2) is 41.5 Å². The molecule has 0 amide bonds. The van der Waals surface area contributed by atoms with Gasteiger partial charge in [-0.3, -0.25) is 4.99 Å². The van der Waals surface area contributed by atoms with Gasteiger partial charge in [-0.1, -0.05) is 26.0 Å². The largest absolute Gasteiger partial charge is 0.494 e. The van der Waals surface area contributed by atoms with Gasteiger partial charge in [0.25, 0.3) is 0 Å². The van der Waals surface area contributed by atoms with Gasteiger partial charge in [0.2, 0.25) is 0 Å². The molecule has 7 heteroatoms. The minimum absolute atomic E-state index is 0.307. The second-order valence-electron chi connectivity index (χ2n) is 6.51. The van der Waals surface area contributed by atoms with Crippen molar-refractivity contribution in [1.82, 2.24) is 5.32 Å². The summed E-state index contributed by atoms with van der Waals surface area (Å²) in [5, 5.41) is 13.3. The van der Waals surface area contributed by atoms with E-state index in [1.54, 1.807) is 6.08 Å². The zero-order chi connectivity index (χ0) is 19.4. The zero-order valence-electron chi connectivity index (χ0n) is 15.8. The van der Waals surface area contributed by atoms with Crippen LogP contribution in [-0.2, 0) is 6.42 Å². The van der Waals surface area contributed by atoms with E-state index in [2.05, 4.69) is 10.3 Å². The average molecular weight is 364 g/mol. The van der Waals surface area contributed by atoms with Gasteiger partial charge in [0.05, 0.1) is 12.7 Å². The lowest BCUT2D eigenvalue weighted by Gasteiger charge is -2.20. The van der Waals surface area contributed by atoms with E-state index < -0.39 is 6.10 Å². The lowest BCUT2D eigenvalue weighted by Crippen LogP contribution is -2.44. The molecule has 26 heavy (non-hydrogen) atoms. The van der Waals surface area contributed by atoms with E-state index in [0.29, 0.717) is 38.0 Å². The Bertz CT molecular complexity index is 558. The highest BCUT2D eigenvalue weighted by molar-refractivity contribution is 5.91. The van der Waals surface area contributed by atoms with Gasteiger partial charge in [-0.2, -0.15) is 0 Å². The van der Waals surface area contributed by atoms with Crippen molar-refractivity contribution in [3.05, 3.63) is 42.1 Å². The third-order valence-electron chi connectivity index (χ3n) is 3.76. The molecule has 0 aliphatic rings. The molecule has 0 aliphatic heterocycles. The number of aliphatic hydroxyl groups excluding tert-OH is 1. The number of nitrogens with two attached hydrogens (primary N) is 3. The summed E-state index contributed by atoms with van der Waals surface area (Å²) in [4.78, 5) is 4.14. The van der Waals surface area contributed by atoms with Gasteiger partial charge < -0.3 is 32.4 Å². The number of hydrogen-bond donors (Lipinski definition) is 5. The van der Waals surface area contributed by atoms with Crippen molar-refractivity contribution in [2.45, 2.75) is 44.9 Å². The monoisotopic (exact) mass is 363 g/mol. The summed E-state index contributed by atoms with van der Waals surface area (Å²) >= 11 is 0. The number of ether oxygens (including phenoxy) is 1. The molecule has 1 aromatic carbocycles. The average Bonchev–Trinajstić information content (AvgIpc) is 2.60. The Morgan fingerprint density at radius 2 is 2.00 bits per heavy atom. The van der Waals surface area contributed by atoms with E-state index in [9.17, 15) is 5.11 Å². The number of amidine groups is 1. The van der Waals surface area contributed by atoms with E-state index >= 15 is 0 Å². The van der Waals surface area contributed by atoms with Crippen molar-refractivity contribution in [1.29, 1.82) is 0 Å². The van der Waals surface area contributed by atoms with E-state index in [1.807, 2.05) is 38.1 Å². The lowest BCUT2D eigenvalue weighted by atomic mass is 10.0. The van der Waals surface area contributed by atoms with Gasteiger partial charge in [0, 0.05) is 31.6 Å². The minimum atomic E-state index is -0.574. The summed E-state index contributed by atoms with van der Waals surface area (Å²) in [6.45, 7) is 5.71. The Labute approximate surface area is 156 Å². The quantitative estimate of drug-likeness (QED) is 0.209. The summed E-state index contributed by atoms with van der Waals surface area (Å²) < 4.78 is 5.68. The topological polar surface area (TPSA) is 132 Å². The molecule has 7 nitrogen and oxygen atoms in total. The third kappa shape index (κ3) is 9.41. The van der Waals surface area contributed by atoms with Crippen LogP contribution in [0.5, 0.6) is 5.75 Å². The molecule has 0 unspecified atom stereocenters. The first-order valence-corrected chi connectivity index (χ1v) is 8.99. The summed E-state index contributed by atoms with van der Waals surface area (Å²) in [6, 6.07) is 7.79. The number of hydrogen-bond acceptors (Lipinski definition) is 6. The highest BCUT2D eigenvalue weighted by Gasteiger charge is 2.15. The molecule has 8 N–H and O–H groups in total. The van der Waals surface area contributed by atoms with Crippen molar-refractivity contribution in [2.24, 2.45) is 22.2 Å². The van der Waals surface area contributed by atoms with Gasteiger partial charge in [-0.25, -0.2) is 0 Å². The van der Waals surface area contributed by atoms with Crippen molar-refractivity contribution >= 4 is 5.84 Å². The molecule has 0 aliphatic carbocycles. The molecule has 0 spiro atoms. The van der Waals surface area contributed by atoms with Crippen LogP contribution in [0.4, 0.5) is 0 Å². The standard InChI is InChI=1S/C19H33N5O2/c1-14(2)24-13-18(25)17(21)12-15-4-6-16(7-5-15)26-11-3-10-23-19(22)8-9-20/h4-9,14,17-18,24-25H,3,10-13,20-21H2,1-2H3,(H2,22,23)/b9-8-/t17-,18+/m0/s1. The van der Waals surface area contributed by atoms with E-state index in [-0.39, 0.29) is 6.04 Å². The maximum Gasteiger partial charge on any atom is 0.119 e. The predicted molar refractivity (Wildman–Crippen MR) is 107 cm³/mol. The number of aliphatic hydroxyl groups is 1. The van der Waals surface area contributed by atoms with Crippen LogP contribution >= 0.6 is 0 Å². The van der Waals surface area contributed by atoms with Crippen LogP contribution in [0.2, 0.25) is 0 Å². The Balaban J connectivity index is 2.33. The Morgan fingerprint density at radius 3 is 2.62 bits per heavy atom. The van der Waals surface area contributed by atoms with Crippen molar-refractivity contribution in [3.63, 3.8) is 0 Å². The molecule has 0 saturated heterocycles. The fourth-order valence-electron chi connectivity index (χ4n) is 2.25. The van der Waals surface area contributed by atoms with Crippen LogP contribution < -0.4 is 27.3 Å². The fraction of sp³-hybridized carbons (Fsp3) is 0.526. The summed E-state index contributed by atoms with van der Waals surface area (Å²) in [7, 11) is 0. The molecule has 2 atom stereocenters. The number of rotatable bonds is 12. The molecule has 0 heterocycles. The molecule has 0 fully saturated rings. The molecule has 146 valence electrons. The van der Waals surface area contributed by atoms with Crippen LogP contribution in [0.3, 0.4) is 0 Å². The smallest absolute Gasteiger partial charge is 0.119 e. The Kier molecular flexibility index (Phi) is 10.4. The minimum Gasteiger partial charge on any atom is -0.494 e. The Hall–Kier alpha value is -2.09. The number of nitrogens with one attached hydrogen (secondary N) is 1. The van der Waals surface area contributed by atoms with Gasteiger partial charge >= 0.3 is 0 Å². The second kappa shape index (κ2) is 12.3. The maximum atomic E-state index is 10.1. The molecular formula is C19H33N5O2. The molecule has 1 rings (SSSR count).